The summed E-state index contributed by atoms with van der Waals surface area (Å²) < 4.78 is 19.1. The molecule has 2 unspecified atom stereocenters. The molecule has 2 aliphatic heterocycles. The van der Waals surface area contributed by atoms with Crippen LogP contribution in [0.5, 0.6) is 0 Å². The van der Waals surface area contributed by atoms with E-state index in [0.29, 0.717) is 38.0 Å². The second-order valence-corrected chi connectivity index (χ2v) is 18.9. The van der Waals surface area contributed by atoms with Crippen molar-refractivity contribution in [2.24, 2.45) is 29.1 Å². The van der Waals surface area contributed by atoms with E-state index in [1.807, 2.05) is 6.92 Å². The number of carbonyl (C=O) groups is 1. The summed E-state index contributed by atoms with van der Waals surface area (Å²) in [6, 6.07) is 0. The summed E-state index contributed by atoms with van der Waals surface area (Å²) >= 11 is 0. The maximum atomic E-state index is 12.9. The molecule has 3 rings (SSSR count). The van der Waals surface area contributed by atoms with Gasteiger partial charge in [-0.05, 0) is 44.4 Å². The summed E-state index contributed by atoms with van der Waals surface area (Å²) in [6.07, 6.45) is 4.86. The van der Waals surface area contributed by atoms with Crippen molar-refractivity contribution in [3.63, 3.8) is 0 Å². The van der Waals surface area contributed by atoms with Crippen LogP contribution >= 0.6 is 0 Å². The van der Waals surface area contributed by atoms with Crippen molar-refractivity contribution in [2.45, 2.75) is 117 Å². The highest BCUT2D eigenvalue weighted by atomic mass is 28.3. The minimum atomic E-state index is -1.79. The predicted molar refractivity (Wildman–Crippen MR) is 139 cm³/mol. The van der Waals surface area contributed by atoms with Crippen molar-refractivity contribution in [2.75, 3.05) is 19.8 Å². The van der Waals surface area contributed by atoms with E-state index in [1.165, 1.54) is 0 Å². The second-order valence-electron chi connectivity index (χ2n) is 13.7. The lowest BCUT2D eigenvalue weighted by atomic mass is 9.67. The van der Waals surface area contributed by atoms with Crippen molar-refractivity contribution in [3.05, 3.63) is 0 Å². The summed E-state index contributed by atoms with van der Waals surface area (Å²) in [4.78, 5) is 25.0. The molecule has 2 heterocycles. The molecule has 3 aliphatic rings. The third kappa shape index (κ3) is 7.29. The molecule has 0 aromatic heterocycles. The van der Waals surface area contributed by atoms with E-state index in [4.69, 9.17) is 24.0 Å². The lowest BCUT2D eigenvalue weighted by Crippen LogP contribution is -2.55. The van der Waals surface area contributed by atoms with Gasteiger partial charge >= 0.3 is 0 Å². The summed E-state index contributed by atoms with van der Waals surface area (Å²) in [5.74, 6) is -0.833. The van der Waals surface area contributed by atoms with Crippen LogP contribution in [0.15, 0.2) is 0 Å². The second kappa shape index (κ2) is 11.1. The van der Waals surface area contributed by atoms with Gasteiger partial charge in [-0.2, -0.15) is 4.89 Å². The van der Waals surface area contributed by atoms with Crippen LogP contribution in [0.25, 0.3) is 0 Å². The molecule has 1 aliphatic carbocycles. The Morgan fingerprint density at radius 1 is 1.09 bits per heavy atom. The number of amides is 1. The molecule has 3 fully saturated rings. The van der Waals surface area contributed by atoms with Crippen LogP contribution in [0, 0.1) is 29.1 Å². The topological polar surface area (TPSA) is 75.3 Å². The Bertz CT molecular complexity index is 713. The van der Waals surface area contributed by atoms with Crippen LogP contribution in [-0.4, -0.2) is 51.2 Å². The van der Waals surface area contributed by atoms with Gasteiger partial charge in [-0.15, -0.1) is 0 Å². The van der Waals surface area contributed by atoms with E-state index >= 15 is 0 Å². The first-order chi connectivity index (χ1) is 16.2. The van der Waals surface area contributed by atoms with E-state index < -0.39 is 19.6 Å². The molecule has 1 amide bonds. The van der Waals surface area contributed by atoms with Gasteiger partial charge in [-0.3, -0.25) is 4.79 Å². The average Bonchev–Trinajstić information content (AvgIpc) is 3.19. The zero-order valence-electron chi connectivity index (χ0n) is 23.7. The van der Waals surface area contributed by atoms with Gasteiger partial charge in [0.1, 0.15) is 8.07 Å². The standard InChI is InChI=1S/C27H51NO6Si/c1-19(2)13-15-28-23(29)16-21-11-10-20(3)22(27(21)32-24(33-34-27)35(7,8)9)12-14-26(6)30-17-25(4,5)18-31-26/h19-22,24H,10-18H2,1-9H3,(H,28,29)/t20-,21+,22+,24?,27?/m1/s1. The highest BCUT2D eigenvalue weighted by Crippen LogP contribution is 2.53. The Morgan fingerprint density at radius 3 is 2.31 bits per heavy atom. The van der Waals surface area contributed by atoms with Crippen molar-refractivity contribution in [3.8, 4) is 0 Å². The molecule has 1 N–H and O–H groups in total. The highest BCUT2D eigenvalue weighted by molar-refractivity contribution is 6.77. The third-order valence-electron chi connectivity index (χ3n) is 7.93. The molecule has 1 saturated carbocycles. The van der Waals surface area contributed by atoms with E-state index in [2.05, 4.69) is 59.6 Å². The van der Waals surface area contributed by atoms with Crippen LogP contribution in [0.4, 0.5) is 0 Å². The van der Waals surface area contributed by atoms with Crippen LogP contribution in [0.2, 0.25) is 19.6 Å². The molecular formula is C27H51NO6Si. The molecule has 1 spiro atoms. The number of rotatable bonds is 9. The Balaban J connectivity index is 1.76. The molecule has 0 radical (unpaired) electrons. The summed E-state index contributed by atoms with van der Waals surface area (Å²) in [5.41, 5.74) is 0.0307. The molecular weight excluding hydrogens is 462 g/mol. The van der Waals surface area contributed by atoms with Crippen molar-refractivity contribution in [1.82, 2.24) is 5.32 Å². The Labute approximate surface area is 214 Å². The maximum absolute atomic E-state index is 12.9. The number of ether oxygens (including phenoxy) is 3. The Hall–Kier alpha value is -0.513. The van der Waals surface area contributed by atoms with Crippen molar-refractivity contribution < 1.29 is 28.8 Å². The lowest BCUT2D eigenvalue weighted by Gasteiger charge is -2.48. The number of carbonyl (C=O) groups excluding carboxylic acids is 1. The minimum absolute atomic E-state index is 0.0307. The summed E-state index contributed by atoms with van der Waals surface area (Å²) in [5, 5.41) is 3.11. The van der Waals surface area contributed by atoms with Crippen LogP contribution in [0.3, 0.4) is 0 Å². The smallest absolute Gasteiger partial charge is 0.220 e. The van der Waals surface area contributed by atoms with Crippen molar-refractivity contribution >= 4 is 14.0 Å². The Morgan fingerprint density at radius 2 is 1.74 bits per heavy atom. The number of nitrogens with one attached hydrogen (secondary N) is 1. The first-order valence-electron chi connectivity index (χ1n) is 13.7. The first kappa shape index (κ1) is 29.0. The zero-order valence-corrected chi connectivity index (χ0v) is 24.7. The third-order valence-corrected chi connectivity index (χ3v) is 9.56. The van der Waals surface area contributed by atoms with Gasteiger partial charge in [0.2, 0.25) is 11.7 Å². The number of hydrogen-bond donors (Lipinski definition) is 1. The van der Waals surface area contributed by atoms with Crippen LogP contribution in [-0.2, 0) is 28.8 Å². The van der Waals surface area contributed by atoms with Gasteiger partial charge in [-0.1, -0.05) is 54.3 Å². The SMILES string of the molecule is CC(C)CCNC(=O)C[C@@H]1CC[C@@H](C)[C@H](CCC2(C)OCC(C)(C)CO2)C12OOC([Si](C)(C)C)O2. The largest absolute Gasteiger partial charge is 0.356 e. The molecule has 204 valence electrons. The van der Waals surface area contributed by atoms with Gasteiger partial charge in [0.05, 0.1) is 13.2 Å². The Kier molecular flexibility index (Phi) is 9.19. The molecule has 7 nitrogen and oxygen atoms in total. The monoisotopic (exact) mass is 513 g/mol. The lowest BCUT2D eigenvalue weighted by molar-refractivity contribution is -0.370. The maximum Gasteiger partial charge on any atom is 0.220 e. The number of hydrogen-bond acceptors (Lipinski definition) is 6. The van der Waals surface area contributed by atoms with Gasteiger partial charge in [0.15, 0.2) is 11.7 Å². The van der Waals surface area contributed by atoms with Gasteiger partial charge in [-0.25, -0.2) is 4.89 Å². The predicted octanol–water partition coefficient (Wildman–Crippen LogP) is 5.65. The molecule has 0 aromatic rings. The quantitative estimate of drug-likeness (QED) is 0.317. The fourth-order valence-electron chi connectivity index (χ4n) is 5.39. The van der Waals surface area contributed by atoms with E-state index in [1.54, 1.807) is 0 Å². The van der Waals surface area contributed by atoms with Crippen LogP contribution < -0.4 is 5.32 Å². The zero-order chi connectivity index (χ0) is 26.1. The van der Waals surface area contributed by atoms with Gasteiger partial charge < -0.3 is 19.5 Å². The minimum Gasteiger partial charge on any atom is -0.356 e. The first-order valence-corrected chi connectivity index (χ1v) is 17.3. The highest BCUT2D eigenvalue weighted by Gasteiger charge is 2.60. The summed E-state index contributed by atoms with van der Waals surface area (Å²) in [6.45, 7) is 21.7. The van der Waals surface area contributed by atoms with Crippen molar-refractivity contribution in [1.29, 1.82) is 0 Å². The normalized spacial score (nSPS) is 34.9. The molecule has 35 heavy (non-hydrogen) atoms. The van der Waals surface area contributed by atoms with E-state index in [9.17, 15) is 4.79 Å². The molecule has 0 aromatic carbocycles. The molecule has 5 atom stereocenters. The molecule has 2 saturated heterocycles. The fourth-order valence-corrected chi connectivity index (χ4v) is 6.27. The molecule has 0 bridgehead atoms. The van der Waals surface area contributed by atoms with Crippen LogP contribution in [0.1, 0.15) is 80.1 Å². The summed E-state index contributed by atoms with van der Waals surface area (Å²) in [7, 11) is -1.79. The van der Waals surface area contributed by atoms with Gasteiger partial charge in [0, 0.05) is 36.6 Å². The molecule has 8 heteroatoms. The van der Waals surface area contributed by atoms with Gasteiger partial charge in [0.25, 0.3) is 0 Å². The van der Waals surface area contributed by atoms with E-state index in [-0.39, 0.29) is 29.1 Å². The fraction of sp³-hybridized carbons (Fsp3) is 0.963. The average molecular weight is 514 g/mol. The van der Waals surface area contributed by atoms with E-state index in [0.717, 1.165) is 32.1 Å².